The smallest absolute Gasteiger partial charge is 0.319 e. The van der Waals surface area contributed by atoms with Gasteiger partial charge in [0.15, 0.2) is 0 Å². The van der Waals surface area contributed by atoms with Gasteiger partial charge in [-0.3, -0.25) is 9.78 Å². The molecule has 0 spiro atoms. The number of urea groups is 1. The second kappa shape index (κ2) is 14.0. The monoisotopic (exact) mass is 595 g/mol. The third-order valence-corrected chi connectivity index (χ3v) is 6.19. The van der Waals surface area contributed by atoms with Crippen LogP contribution in [0, 0.1) is 6.92 Å². The van der Waals surface area contributed by atoms with Crippen LogP contribution in [0.15, 0.2) is 67.0 Å². The molecule has 0 bridgehead atoms. The Labute approximate surface area is 242 Å². The summed E-state index contributed by atoms with van der Waals surface area (Å²) in [6.45, 7) is 1.75. The zero-order valence-corrected chi connectivity index (χ0v) is 23.5. The van der Waals surface area contributed by atoms with E-state index in [2.05, 4.69) is 20.6 Å². The number of pyridine rings is 2. The lowest BCUT2D eigenvalue weighted by atomic mass is 10.1. The number of nitrogens with zero attached hydrogens (tertiary/aromatic N) is 3. The van der Waals surface area contributed by atoms with Crippen LogP contribution >= 0.6 is 48.0 Å². The molecule has 200 valence electrons. The van der Waals surface area contributed by atoms with Gasteiger partial charge in [0.1, 0.15) is 17.9 Å². The normalized spacial score (nSPS) is 10.1. The molecule has 0 saturated heterocycles. The lowest BCUT2D eigenvalue weighted by Crippen LogP contribution is -2.40. The summed E-state index contributed by atoms with van der Waals surface area (Å²) in [6, 6.07) is 15.7. The number of fused-ring (bicyclic) bond motifs is 1. The Hall–Kier alpha value is -3.30. The molecule has 2 heterocycles. The van der Waals surface area contributed by atoms with Crippen molar-refractivity contribution in [1.82, 2.24) is 15.3 Å². The number of carbonyl (C=O) groups is 2. The lowest BCUT2D eigenvalue weighted by molar-refractivity contribution is -0.117. The average molecular weight is 597 g/mol. The van der Waals surface area contributed by atoms with Crippen molar-refractivity contribution in [3.05, 3.63) is 88.3 Å². The molecule has 0 aliphatic rings. The van der Waals surface area contributed by atoms with E-state index in [1.54, 1.807) is 37.5 Å². The maximum Gasteiger partial charge on any atom is 0.319 e. The highest BCUT2D eigenvalue weighted by Crippen LogP contribution is 2.35. The summed E-state index contributed by atoms with van der Waals surface area (Å²) >= 11 is 13.1. The third kappa shape index (κ3) is 7.39. The topological polar surface area (TPSA) is 96.5 Å². The number of aromatic nitrogens is 2. The van der Waals surface area contributed by atoms with Gasteiger partial charge in [-0.2, -0.15) is 0 Å². The van der Waals surface area contributed by atoms with Gasteiger partial charge in [-0.25, -0.2) is 9.78 Å². The van der Waals surface area contributed by atoms with E-state index in [1.807, 2.05) is 37.3 Å². The van der Waals surface area contributed by atoms with E-state index in [0.717, 1.165) is 16.6 Å². The van der Waals surface area contributed by atoms with Gasteiger partial charge in [0.25, 0.3) is 0 Å². The van der Waals surface area contributed by atoms with Crippen molar-refractivity contribution in [2.75, 3.05) is 23.8 Å². The van der Waals surface area contributed by atoms with Gasteiger partial charge in [0.2, 0.25) is 5.91 Å². The Morgan fingerprint density at radius 3 is 2.55 bits per heavy atom. The first-order valence-corrected chi connectivity index (χ1v) is 11.8. The van der Waals surface area contributed by atoms with Crippen LogP contribution in [0.2, 0.25) is 10.0 Å². The summed E-state index contributed by atoms with van der Waals surface area (Å²) in [5.74, 6) is 0.225. The summed E-state index contributed by atoms with van der Waals surface area (Å²) in [5.41, 5.74) is 3.09. The number of ether oxygens (including phenoxy) is 1. The maximum atomic E-state index is 12.7. The molecule has 2 aromatic heterocycles. The van der Waals surface area contributed by atoms with E-state index >= 15 is 0 Å². The number of benzene rings is 2. The van der Waals surface area contributed by atoms with E-state index in [1.165, 1.54) is 11.1 Å². The van der Waals surface area contributed by atoms with Gasteiger partial charge in [0, 0.05) is 34.9 Å². The van der Waals surface area contributed by atoms with Crippen LogP contribution in [-0.4, -0.2) is 35.5 Å². The lowest BCUT2D eigenvalue weighted by Gasteiger charge is -2.21. The fourth-order valence-electron chi connectivity index (χ4n) is 3.48. The molecule has 12 heteroatoms. The minimum Gasteiger partial charge on any atom is -0.487 e. The molecule has 2 N–H and O–H groups in total. The Bertz CT molecular complexity index is 1420. The molecule has 0 unspecified atom stereocenters. The Balaban J connectivity index is 0.00000253. The first-order chi connectivity index (χ1) is 17.3. The van der Waals surface area contributed by atoms with E-state index < -0.39 is 6.03 Å². The van der Waals surface area contributed by atoms with E-state index in [-0.39, 0.29) is 48.9 Å². The molecular weight excluding hydrogens is 572 g/mol. The summed E-state index contributed by atoms with van der Waals surface area (Å²) < 4.78 is 6.05. The molecule has 38 heavy (non-hydrogen) atoms. The van der Waals surface area contributed by atoms with Crippen molar-refractivity contribution in [3.8, 4) is 5.75 Å². The molecule has 0 aliphatic heterocycles. The summed E-state index contributed by atoms with van der Waals surface area (Å²) in [6.07, 6.45) is 3.09. The molecule has 4 rings (SSSR count). The van der Waals surface area contributed by atoms with Crippen LogP contribution in [0.25, 0.3) is 10.9 Å². The Kier molecular flexibility index (Phi) is 11.4. The number of halogens is 4. The molecule has 4 aromatic rings. The van der Waals surface area contributed by atoms with E-state index in [0.29, 0.717) is 27.7 Å². The number of hydrogen-bond acceptors (Lipinski definition) is 5. The van der Waals surface area contributed by atoms with Crippen molar-refractivity contribution in [1.29, 1.82) is 0 Å². The highest BCUT2D eigenvalue weighted by molar-refractivity contribution is 6.38. The van der Waals surface area contributed by atoms with Crippen LogP contribution in [0.4, 0.5) is 16.2 Å². The van der Waals surface area contributed by atoms with Crippen molar-refractivity contribution in [2.45, 2.75) is 13.5 Å². The fraction of sp³-hybridized carbons (Fsp3) is 0.154. The number of aryl methyl sites for hydroxylation is 1. The van der Waals surface area contributed by atoms with Gasteiger partial charge >= 0.3 is 6.03 Å². The number of amides is 3. The standard InChI is InChI=1S/C26H23Cl2N5O3.2ClH/c1-16-8-9-17-5-3-7-22(25(17)31-16)36-15-19-20(27)10-11-21(24(19)28)33(2)23(34)14-30-26(35)32-18-6-4-12-29-13-18;;/h3-13H,14-15H2,1-2H3,(H2,30,32,35);2*1H. The molecule has 3 amide bonds. The van der Waals surface area contributed by atoms with Gasteiger partial charge in [-0.1, -0.05) is 41.4 Å². The number of rotatable bonds is 7. The minimum absolute atomic E-state index is 0. The number of likely N-dealkylation sites (N-methyl/N-ethyl adjacent to an activating group) is 1. The van der Waals surface area contributed by atoms with Gasteiger partial charge in [0.05, 0.1) is 29.1 Å². The second-order valence-corrected chi connectivity index (χ2v) is 8.72. The maximum absolute atomic E-state index is 12.7. The number of nitrogens with one attached hydrogen (secondary N) is 2. The number of para-hydroxylation sites is 1. The van der Waals surface area contributed by atoms with E-state index in [4.69, 9.17) is 27.9 Å². The molecular formula is C26H25Cl4N5O3. The largest absolute Gasteiger partial charge is 0.487 e. The van der Waals surface area contributed by atoms with Gasteiger partial charge in [-0.15, -0.1) is 24.8 Å². The average Bonchev–Trinajstić information content (AvgIpc) is 2.87. The van der Waals surface area contributed by atoms with Crippen molar-refractivity contribution >= 4 is 82.2 Å². The predicted molar refractivity (Wildman–Crippen MR) is 156 cm³/mol. The number of anilines is 2. The first-order valence-electron chi connectivity index (χ1n) is 11.0. The first kappa shape index (κ1) is 30.9. The van der Waals surface area contributed by atoms with Crippen molar-refractivity contribution in [3.63, 3.8) is 0 Å². The summed E-state index contributed by atoms with van der Waals surface area (Å²) in [5, 5.41) is 6.77. The highest BCUT2D eigenvalue weighted by Gasteiger charge is 2.19. The Morgan fingerprint density at radius 1 is 1.03 bits per heavy atom. The number of hydrogen-bond donors (Lipinski definition) is 2. The van der Waals surface area contributed by atoms with Crippen molar-refractivity contribution in [2.24, 2.45) is 0 Å². The second-order valence-electron chi connectivity index (χ2n) is 7.93. The number of carbonyl (C=O) groups excluding carboxylic acids is 2. The molecule has 8 nitrogen and oxygen atoms in total. The zero-order chi connectivity index (χ0) is 25.7. The zero-order valence-electron chi connectivity index (χ0n) is 20.4. The molecule has 0 saturated carbocycles. The fourth-order valence-corrected chi connectivity index (χ4v) is 4.09. The Morgan fingerprint density at radius 2 is 1.82 bits per heavy atom. The molecule has 0 radical (unpaired) electrons. The van der Waals surface area contributed by atoms with Crippen molar-refractivity contribution < 1.29 is 14.3 Å². The molecule has 0 fully saturated rings. The minimum atomic E-state index is -0.528. The molecule has 2 aromatic carbocycles. The SMILES string of the molecule is Cc1ccc2cccc(OCc3c(Cl)ccc(N(C)C(=O)CNC(=O)Nc4cccnc4)c3Cl)c2n1.Cl.Cl. The third-order valence-electron chi connectivity index (χ3n) is 5.42. The van der Waals surface area contributed by atoms with Crippen LogP contribution in [-0.2, 0) is 11.4 Å². The van der Waals surface area contributed by atoms with Gasteiger partial charge < -0.3 is 20.3 Å². The van der Waals surface area contributed by atoms with Crippen LogP contribution in [0.5, 0.6) is 5.75 Å². The molecule has 0 atom stereocenters. The quantitative estimate of drug-likeness (QED) is 0.255. The highest BCUT2D eigenvalue weighted by atomic mass is 35.5. The van der Waals surface area contributed by atoms with E-state index in [9.17, 15) is 9.59 Å². The van der Waals surface area contributed by atoms with Crippen LogP contribution in [0.1, 0.15) is 11.3 Å². The van der Waals surface area contributed by atoms with Gasteiger partial charge in [-0.05, 0) is 43.3 Å². The van der Waals surface area contributed by atoms with Crippen LogP contribution in [0.3, 0.4) is 0 Å². The molecule has 0 aliphatic carbocycles. The van der Waals surface area contributed by atoms with Crippen LogP contribution < -0.4 is 20.3 Å². The summed E-state index contributed by atoms with van der Waals surface area (Å²) in [4.78, 5) is 34.7. The predicted octanol–water partition coefficient (Wildman–Crippen LogP) is 6.45. The summed E-state index contributed by atoms with van der Waals surface area (Å²) in [7, 11) is 1.57.